The molecule has 0 aliphatic carbocycles. The van der Waals surface area contributed by atoms with Gasteiger partial charge in [0.2, 0.25) is 0 Å². The Balaban J connectivity index is 1.75. The molecule has 0 atom stereocenters. The molecule has 2 rings (SSSR count). The van der Waals surface area contributed by atoms with Crippen LogP contribution in [0.2, 0.25) is 10.0 Å². The number of hydrogen-bond donors (Lipinski definition) is 1. The Morgan fingerprint density at radius 2 is 1.72 bits per heavy atom. The van der Waals surface area contributed by atoms with Crippen molar-refractivity contribution in [3.63, 3.8) is 0 Å². The standard InChI is InChI=1S/C14H20Cl2N2/c15-13-6-5-12(11-14(13)16)17-7-10-18-8-3-1-2-4-9-18/h5-6,11,17H,1-4,7-10H2. The van der Waals surface area contributed by atoms with Gasteiger partial charge >= 0.3 is 0 Å². The highest BCUT2D eigenvalue weighted by atomic mass is 35.5. The highest BCUT2D eigenvalue weighted by Gasteiger charge is 2.08. The molecule has 1 heterocycles. The van der Waals surface area contributed by atoms with E-state index >= 15 is 0 Å². The minimum Gasteiger partial charge on any atom is -0.384 e. The van der Waals surface area contributed by atoms with Crippen LogP contribution in [0.5, 0.6) is 0 Å². The van der Waals surface area contributed by atoms with E-state index in [4.69, 9.17) is 23.2 Å². The van der Waals surface area contributed by atoms with E-state index in [1.165, 1.54) is 38.8 Å². The Morgan fingerprint density at radius 1 is 1.00 bits per heavy atom. The van der Waals surface area contributed by atoms with Gasteiger partial charge in [-0.2, -0.15) is 0 Å². The van der Waals surface area contributed by atoms with Crippen molar-refractivity contribution >= 4 is 28.9 Å². The second-order valence-electron chi connectivity index (χ2n) is 4.81. The molecule has 100 valence electrons. The van der Waals surface area contributed by atoms with Crippen LogP contribution in [-0.4, -0.2) is 31.1 Å². The molecule has 1 fully saturated rings. The highest BCUT2D eigenvalue weighted by Crippen LogP contribution is 2.24. The summed E-state index contributed by atoms with van der Waals surface area (Å²) in [5.74, 6) is 0. The molecule has 1 aromatic carbocycles. The zero-order valence-corrected chi connectivity index (χ0v) is 12.1. The van der Waals surface area contributed by atoms with Crippen LogP contribution in [0.3, 0.4) is 0 Å². The Kier molecular flexibility index (Phi) is 5.61. The predicted octanol–water partition coefficient (Wildman–Crippen LogP) is 4.28. The van der Waals surface area contributed by atoms with E-state index in [1.54, 1.807) is 0 Å². The van der Waals surface area contributed by atoms with Crippen molar-refractivity contribution in [3.05, 3.63) is 28.2 Å². The average molecular weight is 287 g/mol. The maximum atomic E-state index is 5.98. The largest absolute Gasteiger partial charge is 0.384 e. The van der Waals surface area contributed by atoms with Crippen LogP contribution < -0.4 is 5.32 Å². The van der Waals surface area contributed by atoms with Gasteiger partial charge in [-0.3, -0.25) is 0 Å². The summed E-state index contributed by atoms with van der Waals surface area (Å²) in [7, 11) is 0. The summed E-state index contributed by atoms with van der Waals surface area (Å²) in [5, 5.41) is 4.61. The van der Waals surface area contributed by atoms with Crippen LogP contribution in [0.15, 0.2) is 18.2 Å². The first-order valence-corrected chi connectivity index (χ1v) is 7.42. The molecular formula is C14H20Cl2N2. The zero-order valence-electron chi connectivity index (χ0n) is 10.6. The van der Waals surface area contributed by atoms with E-state index in [9.17, 15) is 0 Å². The topological polar surface area (TPSA) is 15.3 Å². The SMILES string of the molecule is Clc1ccc(NCCN2CCCCCC2)cc1Cl. The van der Waals surface area contributed by atoms with Crippen LogP contribution in [-0.2, 0) is 0 Å². The third kappa shape index (κ3) is 4.34. The van der Waals surface area contributed by atoms with Crippen molar-refractivity contribution in [1.82, 2.24) is 4.90 Å². The lowest BCUT2D eigenvalue weighted by Gasteiger charge is -2.20. The molecule has 2 nitrogen and oxygen atoms in total. The van der Waals surface area contributed by atoms with Crippen LogP contribution in [0.25, 0.3) is 0 Å². The fourth-order valence-corrected chi connectivity index (χ4v) is 2.62. The van der Waals surface area contributed by atoms with E-state index in [-0.39, 0.29) is 0 Å². The third-order valence-corrected chi connectivity index (χ3v) is 4.11. The van der Waals surface area contributed by atoms with Crippen LogP contribution in [0.4, 0.5) is 5.69 Å². The maximum Gasteiger partial charge on any atom is 0.0612 e. The van der Waals surface area contributed by atoms with Crippen LogP contribution >= 0.6 is 23.2 Å². The highest BCUT2D eigenvalue weighted by molar-refractivity contribution is 6.42. The number of halogens is 2. The molecular weight excluding hydrogens is 267 g/mol. The summed E-state index contributed by atoms with van der Waals surface area (Å²) in [5.41, 5.74) is 1.04. The fraction of sp³-hybridized carbons (Fsp3) is 0.571. The van der Waals surface area contributed by atoms with E-state index in [1.807, 2.05) is 18.2 Å². The van der Waals surface area contributed by atoms with Gasteiger partial charge in [-0.15, -0.1) is 0 Å². The Morgan fingerprint density at radius 3 is 2.39 bits per heavy atom. The average Bonchev–Trinajstić information content (AvgIpc) is 2.62. The molecule has 1 aromatic rings. The first kappa shape index (κ1) is 14.0. The Labute approximate surface area is 119 Å². The second kappa shape index (κ2) is 7.22. The van der Waals surface area contributed by atoms with E-state index in [2.05, 4.69) is 10.2 Å². The quantitative estimate of drug-likeness (QED) is 0.889. The molecule has 1 saturated heterocycles. The lowest BCUT2D eigenvalue weighted by molar-refractivity contribution is 0.296. The number of anilines is 1. The zero-order chi connectivity index (χ0) is 12.8. The Bertz CT molecular complexity index is 374. The molecule has 0 unspecified atom stereocenters. The molecule has 0 aromatic heterocycles. The van der Waals surface area contributed by atoms with Crippen LogP contribution in [0.1, 0.15) is 25.7 Å². The molecule has 0 amide bonds. The van der Waals surface area contributed by atoms with Gasteiger partial charge in [-0.05, 0) is 44.1 Å². The fourth-order valence-electron chi connectivity index (χ4n) is 2.32. The number of likely N-dealkylation sites (tertiary alicyclic amines) is 1. The van der Waals surface area contributed by atoms with Gasteiger partial charge < -0.3 is 10.2 Å². The number of rotatable bonds is 4. The van der Waals surface area contributed by atoms with Gasteiger partial charge in [-0.25, -0.2) is 0 Å². The minimum absolute atomic E-state index is 0.606. The van der Waals surface area contributed by atoms with Crippen molar-refractivity contribution in [2.45, 2.75) is 25.7 Å². The molecule has 18 heavy (non-hydrogen) atoms. The molecule has 4 heteroatoms. The molecule has 0 saturated carbocycles. The third-order valence-electron chi connectivity index (χ3n) is 3.38. The number of benzene rings is 1. The first-order chi connectivity index (χ1) is 8.75. The molecule has 1 N–H and O–H groups in total. The molecule has 0 radical (unpaired) electrons. The number of nitrogens with one attached hydrogen (secondary N) is 1. The van der Waals surface area contributed by atoms with Gasteiger partial charge in [0, 0.05) is 18.8 Å². The molecule has 1 aliphatic rings. The first-order valence-electron chi connectivity index (χ1n) is 6.67. The van der Waals surface area contributed by atoms with Gasteiger partial charge in [0.1, 0.15) is 0 Å². The smallest absolute Gasteiger partial charge is 0.0612 e. The van der Waals surface area contributed by atoms with E-state index in [0.717, 1.165) is 18.8 Å². The van der Waals surface area contributed by atoms with Gasteiger partial charge in [-0.1, -0.05) is 36.0 Å². The van der Waals surface area contributed by atoms with Crippen molar-refractivity contribution in [2.24, 2.45) is 0 Å². The molecule has 0 spiro atoms. The lowest BCUT2D eigenvalue weighted by Crippen LogP contribution is -2.29. The summed E-state index contributed by atoms with van der Waals surface area (Å²) >= 11 is 11.9. The van der Waals surface area contributed by atoms with E-state index < -0.39 is 0 Å². The second-order valence-corrected chi connectivity index (χ2v) is 5.63. The van der Waals surface area contributed by atoms with Gasteiger partial charge in [0.05, 0.1) is 10.0 Å². The van der Waals surface area contributed by atoms with Crippen molar-refractivity contribution < 1.29 is 0 Å². The normalized spacial score (nSPS) is 17.4. The summed E-state index contributed by atoms with van der Waals surface area (Å²) in [6, 6.07) is 5.68. The molecule has 0 bridgehead atoms. The van der Waals surface area contributed by atoms with Crippen LogP contribution in [0, 0.1) is 0 Å². The summed E-state index contributed by atoms with van der Waals surface area (Å²) in [4.78, 5) is 2.54. The summed E-state index contributed by atoms with van der Waals surface area (Å²) in [6.45, 7) is 4.53. The van der Waals surface area contributed by atoms with Gasteiger partial charge in [0.25, 0.3) is 0 Å². The number of nitrogens with zero attached hydrogens (tertiary/aromatic N) is 1. The maximum absolute atomic E-state index is 5.98. The summed E-state index contributed by atoms with van der Waals surface area (Å²) in [6.07, 6.45) is 5.45. The predicted molar refractivity (Wildman–Crippen MR) is 79.9 cm³/mol. The van der Waals surface area contributed by atoms with Crippen molar-refractivity contribution in [3.8, 4) is 0 Å². The monoisotopic (exact) mass is 286 g/mol. The summed E-state index contributed by atoms with van der Waals surface area (Å²) < 4.78 is 0. The molecule has 1 aliphatic heterocycles. The number of hydrogen-bond acceptors (Lipinski definition) is 2. The Hall–Kier alpha value is -0.440. The lowest BCUT2D eigenvalue weighted by atomic mass is 10.2. The van der Waals surface area contributed by atoms with E-state index in [0.29, 0.717) is 10.0 Å². The van der Waals surface area contributed by atoms with Crippen molar-refractivity contribution in [1.29, 1.82) is 0 Å². The van der Waals surface area contributed by atoms with Gasteiger partial charge in [0.15, 0.2) is 0 Å². The minimum atomic E-state index is 0.606. The van der Waals surface area contributed by atoms with Crippen molar-refractivity contribution in [2.75, 3.05) is 31.5 Å².